The van der Waals surface area contributed by atoms with E-state index in [2.05, 4.69) is 31.5 Å². The number of nitrogens with zero attached hydrogens (tertiary/aromatic N) is 4. The summed E-state index contributed by atoms with van der Waals surface area (Å²) in [6.07, 6.45) is 0.256. The number of hydrogen-bond acceptors (Lipinski definition) is 4. The molecule has 8 heteroatoms. The standard InChI is InChI=1S/C12H12BrFN4O2/c1-3-12(2,11(19)20)18-10(15-16-17-18)9-7(13)5-4-6-8(9)14/h4-6H,3H2,1-2H3,(H,19,20). The lowest BCUT2D eigenvalue weighted by atomic mass is 9.99. The van der Waals surface area contributed by atoms with Gasteiger partial charge in [-0.25, -0.2) is 13.9 Å². The largest absolute Gasteiger partial charge is 0.479 e. The average molecular weight is 343 g/mol. The summed E-state index contributed by atoms with van der Waals surface area (Å²) in [5.41, 5.74) is -1.21. The van der Waals surface area contributed by atoms with E-state index in [9.17, 15) is 14.3 Å². The fourth-order valence-electron chi connectivity index (χ4n) is 1.78. The van der Waals surface area contributed by atoms with Gasteiger partial charge in [0.25, 0.3) is 0 Å². The molecule has 20 heavy (non-hydrogen) atoms. The number of rotatable bonds is 4. The van der Waals surface area contributed by atoms with Crippen LogP contribution in [0.5, 0.6) is 0 Å². The highest BCUT2D eigenvalue weighted by Crippen LogP contribution is 2.32. The molecule has 1 unspecified atom stereocenters. The van der Waals surface area contributed by atoms with Crippen LogP contribution in [0.1, 0.15) is 20.3 Å². The third kappa shape index (κ3) is 2.20. The summed E-state index contributed by atoms with van der Waals surface area (Å²) in [7, 11) is 0. The molecular formula is C12H12BrFN4O2. The summed E-state index contributed by atoms with van der Waals surface area (Å²) in [5.74, 6) is -1.54. The van der Waals surface area contributed by atoms with E-state index < -0.39 is 17.3 Å². The van der Waals surface area contributed by atoms with Crippen LogP contribution < -0.4 is 0 Å². The van der Waals surface area contributed by atoms with Gasteiger partial charge in [-0.3, -0.25) is 0 Å². The Bertz CT molecular complexity index is 640. The highest BCUT2D eigenvalue weighted by molar-refractivity contribution is 9.10. The number of carboxylic acid groups (broad SMARTS) is 1. The van der Waals surface area contributed by atoms with Crippen LogP contribution in [0.15, 0.2) is 22.7 Å². The molecule has 2 aromatic rings. The minimum absolute atomic E-state index is 0.0710. The van der Waals surface area contributed by atoms with Crippen molar-refractivity contribution < 1.29 is 14.3 Å². The number of carbonyl (C=O) groups is 1. The molecule has 1 aromatic heterocycles. The number of tetrazole rings is 1. The van der Waals surface area contributed by atoms with Gasteiger partial charge in [-0.1, -0.05) is 13.0 Å². The summed E-state index contributed by atoms with van der Waals surface area (Å²) in [5, 5.41) is 20.4. The quantitative estimate of drug-likeness (QED) is 0.922. The minimum atomic E-state index is -1.35. The van der Waals surface area contributed by atoms with Crippen molar-refractivity contribution in [3.63, 3.8) is 0 Å². The molecule has 0 amide bonds. The summed E-state index contributed by atoms with van der Waals surface area (Å²) >= 11 is 3.23. The van der Waals surface area contributed by atoms with Crippen LogP contribution in [0.25, 0.3) is 11.4 Å². The maximum Gasteiger partial charge on any atom is 0.331 e. The highest BCUT2D eigenvalue weighted by atomic mass is 79.9. The fourth-order valence-corrected chi connectivity index (χ4v) is 2.30. The van der Waals surface area contributed by atoms with Crippen molar-refractivity contribution in [1.29, 1.82) is 0 Å². The molecule has 2 rings (SSSR count). The van der Waals surface area contributed by atoms with Gasteiger partial charge >= 0.3 is 5.97 Å². The Balaban J connectivity index is 2.68. The zero-order chi connectivity index (χ0) is 14.9. The van der Waals surface area contributed by atoms with Gasteiger partial charge in [0.05, 0.1) is 5.56 Å². The predicted octanol–water partition coefficient (Wildman–Crippen LogP) is 2.45. The monoisotopic (exact) mass is 342 g/mol. The maximum atomic E-state index is 14.0. The summed E-state index contributed by atoms with van der Waals surface area (Å²) in [6, 6.07) is 4.44. The Morgan fingerprint density at radius 2 is 2.25 bits per heavy atom. The molecule has 0 fully saturated rings. The molecular weight excluding hydrogens is 331 g/mol. The number of aromatic nitrogens is 4. The molecule has 0 radical (unpaired) electrons. The van der Waals surface area contributed by atoms with Crippen molar-refractivity contribution in [1.82, 2.24) is 20.2 Å². The summed E-state index contributed by atoms with van der Waals surface area (Å²) in [4.78, 5) is 11.5. The van der Waals surface area contributed by atoms with Gasteiger partial charge in [0, 0.05) is 4.47 Å². The summed E-state index contributed by atoms with van der Waals surface area (Å²) < 4.78 is 15.6. The third-order valence-corrected chi connectivity index (χ3v) is 3.93. The first-order valence-corrected chi connectivity index (χ1v) is 6.67. The second kappa shape index (κ2) is 5.28. The zero-order valence-corrected chi connectivity index (χ0v) is 12.4. The van der Waals surface area contributed by atoms with E-state index >= 15 is 0 Å². The molecule has 0 saturated heterocycles. The second-order valence-corrected chi connectivity index (χ2v) is 5.30. The Morgan fingerprint density at radius 3 is 2.80 bits per heavy atom. The summed E-state index contributed by atoms with van der Waals surface area (Å²) in [6.45, 7) is 3.19. The molecule has 0 aliphatic carbocycles. The predicted molar refractivity (Wildman–Crippen MR) is 72.5 cm³/mol. The first-order valence-electron chi connectivity index (χ1n) is 5.88. The van der Waals surface area contributed by atoms with E-state index in [1.165, 1.54) is 19.1 Å². The number of hydrogen-bond donors (Lipinski definition) is 1. The number of carboxylic acids is 1. The van der Waals surface area contributed by atoms with Crippen LogP contribution in [-0.2, 0) is 10.3 Å². The van der Waals surface area contributed by atoms with Crippen LogP contribution in [0.3, 0.4) is 0 Å². The Kier molecular flexibility index (Phi) is 3.85. The van der Waals surface area contributed by atoms with Gasteiger partial charge < -0.3 is 5.11 Å². The smallest absolute Gasteiger partial charge is 0.331 e. The molecule has 1 N–H and O–H groups in total. The Hall–Kier alpha value is -1.83. The number of benzene rings is 1. The van der Waals surface area contributed by atoms with Crippen molar-refractivity contribution in [2.24, 2.45) is 0 Å². The van der Waals surface area contributed by atoms with Crippen molar-refractivity contribution in [3.05, 3.63) is 28.5 Å². The van der Waals surface area contributed by atoms with Gasteiger partial charge in [0.1, 0.15) is 5.82 Å². The van der Waals surface area contributed by atoms with Crippen molar-refractivity contribution in [2.75, 3.05) is 0 Å². The number of aliphatic carboxylic acids is 1. The van der Waals surface area contributed by atoms with Crippen LogP contribution >= 0.6 is 15.9 Å². The van der Waals surface area contributed by atoms with E-state index in [1.54, 1.807) is 13.0 Å². The molecule has 0 aliphatic rings. The molecule has 0 aliphatic heterocycles. The SMILES string of the molecule is CCC(C)(C(=O)O)n1nnnc1-c1c(F)cccc1Br. The van der Waals surface area contributed by atoms with Gasteiger partial charge in [0.15, 0.2) is 11.4 Å². The highest BCUT2D eigenvalue weighted by Gasteiger charge is 2.38. The third-order valence-electron chi connectivity index (χ3n) is 3.27. The van der Waals surface area contributed by atoms with Crippen molar-refractivity contribution in [2.45, 2.75) is 25.8 Å². The molecule has 1 heterocycles. The fraction of sp³-hybridized carbons (Fsp3) is 0.333. The molecule has 0 saturated carbocycles. The van der Waals surface area contributed by atoms with Gasteiger partial charge in [0.2, 0.25) is 0 Å². The van der Waals surface area contributed by atoms with E-state index in [0.29, 0.717) is 4.47 Å². The van der Waals surface area contributed by atoms with Crippen LogP contribution in [0.4, 0.5) is 4.39 Å². The van der Waals surface area contributed by atoms with E-state index in [0.717, 1.165) is 4.68 Å². The lowest BCUT2D eigenvalue weighted by Gasteiger charge is -2.24. The Labute approximate surface area is 122 Å². The number of halogens is 2. The maximum absolute atomic E-state index is 14.0. The average Bonchev–Trinajstić information content (AvgIpc) is 2.87. The first-order chi connectivity index (χ1) is 9.41. The van der Waals surface area contributed by atoms with Gasteiger partial charge in [-0.05, 0) is 51.8 Å². The molecule has 6 nitrogen and oxygen atoms in total. The molecule has 0 bridgehead atoms. The van der Waals surface area contributed by atoms with E-state index in [1.807, 2.05) is 0 Å². The molecule has 106 valence electrons. The van der Waals surface area contributed by atoms with Crippen LogP contribution in [0, 0.1) is 5.82 Å². The first kappa shape index (κ1) is 14.6. The van der Waals surface area contributed by atoms with E-state index in [4.69, 9.17) is 0 Å². The second-order valence-electron chi connectivity index (χ2n) is 4.44. The zero-order valence-electron chi connectivity index (χ0n) is 10.8. The minimum Gasteiger partial charge on any atom is -0.479 e. The molecule has 1 atom stereocenters. The van der Waals surface area contributed by atoms with Crippen LogP contribution in [0.2, 0.25) is 0 Å². The lowest BCUT2D eigenvalue weighted by molar-refractivity contribution is -0.147. The van der Waals surface area contributed by atoms with Crippen molar-refractivity contribution >= 4 is 21.9 Å². The van der Waals surface area contributed by atoms with Gasteiger partial charge in [-0.2, -0.15) is 0 Å². The normalized spacial score (nSPS) is 14.0. The van der Waals surface area contributed by atoms with Crippen molar-refractivity contribution in [3.8, 4) is 11.4 Å². The van der Waals surface area contributed by atoms with E-state index in [-0.39, 0.29) is 17.8 Å². The molecule has 1 aromatic carbocycles. The lowest BCUT2D eigenvalue weighted by Crippen LogP contribution is -2.39. The Morgan fingerprint density at radius 1 is 1.55 bits per heavy atom. The molecule has 0 spiro atoms. The van der Waals surface area contributed by atoms with Gasteiger partial charge in [-0.15, -0.1) is 5.10 Å². The van der Waals surface area contributed by atoms with Crippen LogP contribution in [-0.4, -0.2) is 31.3 Å². The topological polar surface area (TPSA) is 80.9 Å².